The van der Waals surface area contributed by atoms with E-state index in [4.69, 9.17) is 9.84 Å². The van der Waals surface area contributed by atoms with Crippen LogP contribution < -0.4 is 4.74 Å². The Bertz CT molecular complexity index is 459. The predicted octanol–water partition coefficient (Wildman–Crippen LogP) is 1.62. The largest absolute Gasteiger partial charge is 0.481 e. The zero-order chi connectivity index (χ0) is 13.1. The summed E-state index contributed by atoms with van der Waals surface area (Å²) in [6, 6.07) is 2.73. The molecule has 2 rings (SSSR count). The molecule has 0 aromatic carbocycles. The third-order valence-corrected chi connectivity index (χ3v) is 2.95. The number of nitro groups is 1. The monoisotopic (exact) mass is 252 g/mol. The highest BCUT2D eigenvalue weighted by molar-refractivity contribution is 5.70. The fourth-order valence-corrected chi connectivity index (χ4v) is 1.99. The van der Waals surface area contributed by atoms with E-state index in [-0.39, 0.29) is 23.6 Å². The number of hydrogen-bond acceptors (Lipinski definition) is 5. The van der Waals surface area contributed by atoms with Gasteiger partial charge in [-0.1, -0.05) is 0 Å². The highest BCUT2D eigenvalue weighted by Crippen LogP contribution is 2.29. The van der Waals surface area contributed by atoms with Gasteiger partial charge in [-0.2, -0.15) is 0 Å². The smallest absolute Gasteiger partial charge is 0.306 e. The molecule has 1 aromatic heterocycles. The maximum Gasteiger partial charge on any atom is 0.306 e. The molecule has 1 heterocycles. The van der Waals surface area contributed by atoms with E-state index in [1.165, 1.54) is 12.1 Å². The molecule has 96 valence electrons. The zero-order valence-electron chi connectivity index (χ0n) is 9.48. The second kappa shape index (κ2) is 4.99. The lowest BCUT2D eigenvalue weighted by Gasteiger charge is -2.11. The molecule has 7 nitrogen and oxygen atoms in total. The van der Waals surface area contributed by atoms with Crippen molar-refractivity contribution in [2.75, 3.05) is 0 Å². The first-order chi connectivity index (χ1) is 8.56. The summed E-state index contributed by atoms with van der Waals surface area (Å²) in [4.78, 5) is 24.5. The van der Waals surface area contributed by atoms with Gasteiger partial charge in [0.05, 0.1) is 10.8 Å². The Balaban J connectivity index is 1.94. The summed E-state index contributed by atoms with van der Waals surface area (Å²) in [7, 11) is 0. The van der Waals surface area contributed by atoms with Crippen LogP contribution in [0.2, 0.25) is 0 Å². The van der Waals surface area contributed by atoms with Gasteiger partial charge in [-0.15, -0.1) is 0 Å². The minimum absolute atomic E-state index is 0.0998. The van der Waals surface area contributed by atoms with Crippen LogP contribution in [0.1, 0.15) is 19.3 Å². The van der Waals surface area contributed by atoms with Gasteiger partial charge in [0.15, 0.2) is 0 Å². The average molecular weight is 252 g/mol. The first-order valence-corrected chi connectivity index (χ1v) is 5.56. The number of aromatic nitrogens is 1. The van der Waals surface area contributed by atoms with E-state index in [1.807, 2.05) is 0 Å². The number of nitrogens with zero attached hydrogens (tertiary/aromatic N) is 2. The SMILES string of the molecule is O=C(O)C1CCC(Oc2ccc([N+](=O)[O-])cn2)C1. The van der Waals surface area contributed by atoms with Crippen LogP contribution in [0.3, 0.4) is 0 Å². The molecule has 2 unspecified atom stereocenters. The molecule has 0 bridgehead atoms. The molecule has 1 aliphatic rings. The summed E-state index contributed by atoms with van der Waals surface area (Å²) < 4.78 is 5.49. The Hall–Kier alpha value is -2.18. The summed E-state index contributed by atoms with van der Waals surface area (Å²) in [6.45, 7) is 0. The second-order valence-corrected chi connectivity index (χ2v) is 4.20. The number of carbonyl (C=O) groups is 1. The van der Waals surface area contributed by atoms with E-state index in [1.54, 1.807) is 0 Å². The van der Waals surface area contributed by atoms with Crippen molar-refractivity contribution in [1.29, 1.82) is 0 Å². The third kappa shape index (κ3) is 2.73. The number of pyridine rings is 1. The Labute approximate surface area is 103 Å². The van der Waals surface area contributed by atoms with Crippen LogP contribution in [-0.4, -0.2) is 27.1 Å². The summed E-state index contributed by atoms with van der Waals surface area (Å²) in [6.07, 6.45) is 2.65. The Morgan fingerprint density at radius 3 is 2.78 bits per heavy atom. The Morgan fingerprint density at radius 1 is 1.50 bits per heavy atom. The average Bonchev–Trinajstić information content (AvgIpc) is 2.78. The Kier molecular flexibility index (Phi) is 3.40. The van der Waals surface area contributed by atoms with E-state index in [9.17, 15) is 14.9 Å². The topological polar surface area (TPSA) is 103 Å². The number of rotatable bonds is 4. The van der Waals surface area contributed by atoms with Crippen molar-refractivity contribution in [2.24, 2.45) is 5.92 Å². The normalized spacial score (nSPS) is 22.7. The number of carboxylic acids is 1. The lowest BCUT2D eigenvalue weighted by molar-refractivity contribution is -0.385. The van der Waals surface area contributed by atoms with Crippen molar-refractivity contribution in [1.82, 2.24) is 4.98 Å². The molecular weight excluding hydrogens is 240 g/mol. The molecule has 0 radical (unpaired) electrons. The van der Waals surface area contributed by atoms with Gasteiger partial charge in [0, 0.05) is 12.1 Å². The quantitative estimate of drug-likeness (QED) is 0.645. The van der Waals surface area contributed by atoms with Crippen LogP contribution in [0.4, 0.5) is 5.69 Å². The van der Waals surface area contributed by atoms with Crippen molar-refractivity contribution in [3.05, 3.63) is 28.4 Å². The van der Waals surface area contributed by atoms with Crippen LogP contribution in [0.25, 0.3) is 0 Å². The van der Waals surface area contributed by atoms with E-state index >= 15 is 0 Å². The molecule has 18 heavy (non-hydrogen) atoms. The first kappa shape index (κ1) is 12.3. The molecule has 0 spiro atoms. The van der Waals surface area contributed by atoms with Gasteiger partial charge in [0.2, 0.25) is 5.88 Å². The fraction of sp³-hybridized carbons (Fsp3) is 0.455. The van der Waals surface area contributed by atoms with Gasteiger partial charge >= 0.3 is 5.97 Å². The van der Waals surface area contributed by atoms with Crippen molar-refractivity contribution in [3.63, 3.8) is 0 Å². The van der Waals surface area contributed by atoms with Crippen molar-refractivity contribution in [2.45, 2.75) is 25.4 Å². The van der Waals surface area contributed by atoms with E-state index in [0.717, 1.165) is 6.20 Å². The maximum atomic E-state index is 10.8. The van der Waals surface area contributed by atoms with Gasteiger partial charge in [0.1, 0.15) is 12.3 Å². The van der Waals surface area contributed by atoms with Crippen molar-refractivity contribution in [3.8, 4) is 5.88 Å². The molecule has 1 fully saturated rings. The molecule has 0 saturated heterocycles. The predicted molar refractivity (Wildman–Crippen MR) is 60.3 cm³/mol. The van der Waals surface area contributed by atoms with E-state index in [2.05, 4.69) is 4.98 Å². The van der Waals surface area contributed by atoms with Gasteiger partial charge in [-0.05, 0) is 19.3 Å². The molecule has 1 saturated carbocycles. The minimum atomic E-state index is -0.808. The lowest BCUT2D eigenvalue weighted by atomic mass is 10.1. The number of aliphatic carboxylic acids is 1. The summed E-state index contributed by atoms with van der Waals surface area (Å²) in [5.74, 6) is -0.887. The van der Waals surface area contributed by atoms with Gasteiger partial charge in [0.25, 0.3) is 5.69 Å². The number of hydrogen-bond donors (Lipinski definition) is 1. The van der Waals surface area contributed by atoms with Crippen molar-refractivity contribution >= 4 is 11.7 Å². The molecule has 1 N–H and O–H groups in total. The molecule has 7 heteroatoms. The van der Waals surface area contributed by atoms with E-state index in [0.29, 0.717) is 19.3 Å². The van der Waals surface area contributed by atoms with Crippen LogP contribution in [0, 0.1) is 16.0 Å². The van der Waals surface area contributed by atoms with Crippen LogP contribution in [-0.2, 0) is 4.79 Å². The highest BCUT2D eigenvalue weighted by atomic mass is 16.6. The standard InChI is InChI=1S/C11H12N2O5/c14-11(15)7-1-3-9(5-7)18-10-4-2-8(6-12-10)13(16)17/h2,4,6-7,9H,1,3,5H2,(H,14,15). The highest BCUT2D eigenvalue weighted by Gasteiger charge is 2.31. The molecule has 0 aliphatic heterocycles. The number of ether oxygens (including phenoxy) is 1. The lowest BCUT2D eigenvalue weighted by Crippen LogP contribution is -2.16. The minimum Gasteiger partial charge on any atom is -0.481 e. The molecule has 2 atom stereocenters. The fourth-order valence-electron chi connectivity index (χ4n) is 1.99. The number of carboxylic acid groups (broad SMARTS) is 1. The molecule has 1 aromatic rings. The third-order valence-electron chi connectivity index (χ3n) is 2.95. The summed E-state index contributed by atoms with van der Waals surface area (Å²) in [5.41, 5.74) is -0.0998. The molecule has 0 amide bonds. The zero-order valence-corrected chi connectivity index (χ0v) is 9.48. The van der Waals surface area contributed by atoms with Gasteiger partial charge in [-0.3, -0.25) is 14.9 Å². The van der Waals surface area contributed by atoms with Crippen LogP contribution in [0.15, 0.2) is 18.3 Å². The second-order valence-electron chi connectivity index (χ2n) is 4.20. The van der Waals surface area contributed by atoms with Crippen molar-refractivity contribution < 1.29 is 19.6 Å². The first-order valence-electron chi connectivity index (χ1n) is 5.56. The van der Waals surface area contributed by atoms with Crippen LogP contribution >= 0.6 is 0 Å². The molecule has 1 aliphatic carbocycles. The van der Waals surface area contributed by atoms with Gasteiger partial charge in [-0.25, -0.2) is 4.98 Å². The maximum absolute atomic E-state index is 10.8. The summed E-state index contributed by atoms with van der Waals surface area (Å²) in [5, 5.41) is 19.3. The van der Waals surface area contributed by atoms with E-state index < -0.39 is 10.9 Å². The summed E-state index contributed by atoms with van der Waals surface area (Å²) >= 11 is 0. The molecular formula is C11H12N2O5. The van der Waals surface area contributed by atoms with Gasteiger partial charge < -0.3 is 9.84 Å². The van der Waals surface area contributed by atoms with Crippen LogP contribution in [0.5, 0.6) is 5.88 Å². The Morgan fingerprint density at radius 2 is 2.28 bits per heavy atom.